The molecule has 1 heterocycles. The second-order valence-electron chi connectivity index (χ2n) is 18.2. The Bertz CT molecular complexity index is 1240. The Morgan fingerprint density at radius 3 is 2.47 bits per heavy atom. The number of nitrogens with two attached hydrogens (primary N) is 2. The lowest BCUT2D eigenvalue weighted by atomic mass is 9.34. The van der Waals surface area contributed by atoms with Crippen LogP contribution in [0.4, 0.5) is 0 Å². The zero-order chi connectivity index (χ0) is 36.0. The minimum Gasteiger partial charge on any atom is -0.481 e. The summed E-state index contributed by atoms with van der Waals surface area (Å²) in [7, 11) is 0. The number of unbranched alkanes of at least 4 members (excludes halogenated alkanes) is 1. The van der Waals surface area contributed by atoms with E-state index in [1.165, 1.54) is 12.5 Å². The second-order valence-corrected chi connectivity index (χ2v) is 18.2. The lowest BCUT2D eigenvalue weighted by Gasteiger charge is -2.71. The van der Waals surface area contributed by atoms with Crippen molar-refractivity contribution in [2.45, 2.75) is 131 Å². The first-order valence-electron chi connectivity index (χ1n) is 19.5. The molecule has 5 rings (SSSR count). The van der Waals surface area contributed by atoms with Gasteiger partial charge in [-0.15, -0.1) is 0 Å². The Morgan fingerprint density at radius 1 is 1.08 bits per heavy atom. The number of carboxylic acids is 1. The maximum atomic E-state index is 13.4. The van der Waals surface area contributed by atoms with Crippen LogP contribution in [-0.2, 0) is 23.8 Å². The van der Waals surface area contributed by atoms with E-state index < -0.39 is 11.9 Å². The molecule has 5 aliphatic rings. The molecule has 12 atom stereocenters. The maximum Gasteiger partial charge on any atom is 0.307 e. The summed E-state index contributed by atoms with van der Waals surface area (Å²) in [6, 6.07) is 0.0878. The van der Waals surface area contributed by atoms with Gasteiger partial charge >= 0.3 is 11.9 Å². The van der Waals surface area contributed by atoms with Crippen LogP contribution in [-0.4, -0.2) is 74.7 Å². The summed E-state index contributed by atoms with van der Waals surface area (Å²) in [5.41, 5.74) is 12.0. The number of rotatable bonds is 14. The highest BCUT2D eigenvalue weighted by molar-refractivity contribution is 5.73. The van der Waals surface area contributed by atoms with E-state index in [1.807, 2.05) is 0 Å². The number of aliphatic carboxylic acids is 1. The number of hydrogen-bond acceptors (Lipinski definition) is 8. The number of carbonyl (C=O) groups is 2. The van der Waals surface area contributed by atoms with E-state index in [0.29, 0.717) is 57.1 Å². The first-order valence-corrected chi connectivity index (χ1v) is 19.5. The highest BCUT2D eigenvalue weighted by atomic mass is 16.6. The first kappa shape index (κ1) is 38.7. The molecule has 0 spiro atoms. The molecule has 1 unspecified atom stereocenters. The fourth-order valence-electron chi connectivity index (χ4n) is 12.4. The van der Waals surface area contributed by atoms with Crippen molar-refractivity contribution in [2.75, 3.05) is 39.5 Å². The van der Waals surface area contributed by atoms with E-state index in [4.69, 9.17) is 25.7 Å². The average molecular weight is 688 g/mol. The summed E-state index contributed by atoms with van der Waals surface area (Å²) >= 11 is 0. The third kappa shape index (κ3) is 6.44. The number of allylic oxidation sites excluding steroid dienone is 1. The summed E-state index contributed by atoms with van der Waals surface area (Å²) in [4.78, 5) is 26.0. The van der Waals surface area contributed by atoms with Gasteiger partial charge < -0.3 is 36.1 Å². The lowest BCUT2D eigenvalue weighted by Crippen LogP contribution is -2.70. The molecule has 0 aromatic rings. The SMILES string of the molecule is CC(=O)O[C@@H]1C[C@@]23COC[C@@](C)(C2CC[C@H]2C3=CC[C@@]3(C)[C@H](C(=O)O)[C@@](C)([C@H](C)C(C)C)CC[C@]23C)[C@H]1OCCNC[C@@H](N)CCCCN. The third-order valence-electron chi connectivity index (χ3n) is 15.4. The van der Waals surface area contributed by atoms with Crippen molar-refractivity contribution in [3.8, 4) is 0 Å². The van der Waals surface area contributed by atoms with Gasteiger partial charge in [-0.05, 0) is 97.8 Å². The van der Waals surface area contributed by atoms with Crippen LogP contribution in [0.3, 0.4) is 0 Å². The van der Waals surface area contributed by atoms with Crippen LogP contribution in [0.5, 0.6) is 0 Å². The Balaban J connectivity index is 1.42. The standard InChI is InChI=1S/C40H69N3O6/c1-25(2)26(3)36(5)16-17-38(7)29-12-13-32-37(6)23-47-24-40(32,30(29)14-15-39(38,8)33(36)35(45)46)21-31(49-27(4)44)34(37)48-20-19-43-22-28(42)11-9-10-18-41/h14,25-26,28-29,31-34,43H,9-13,15-24,41-42H2,1-8H3,(H,45,46)/t26-,28+,29+,31-,32?,33-,34+,36-,37+,38-,39+,40+/m1/s1. The Labute approximate surface area is 296 Å². The summed E-state index contributed by atoms with van der Waals surface area (Å²) in [6.45, 7) is 21.3. The normalized spacial score (nSPS) is 42.7. The molecule has 4 aliphatic carbocycles. The molecule has 6 N–H and O–H groups in total. The predicted molar refractivity (Wildman–Crippen MR) is 193 cm³/mol. The topological polar surface area (TPSA) is 146 Å². The Kier molecular flexibility index (Phi) is 11.4. The van der Waals surface area contributed by atoms with Crippen molar-refractivity contribution >= 4 is 11.9 Å². The van der Waals surface area contributed by atoms with Gasteiger partial charge in [0.1, 0.15) is 12.2 Å². The predicted octanol–water partition coefficient (Wildman–Crippen LogP) is 5.94. The van der Waals surface area contributed by atoms with Gasteiger partial charge in [0.15, 0.2) is 0 Å². The van der Waals surface area contributed by atoms with Crippen LogP contribution in [0.2, 0.25) is 0 Å². The van der Waals surface area contributed by atoms with E-state index in [2.05, 4.69) is 59.9 Å². The zero-order valence-electron chi connectivity index (χ0n) is 31.9. The van der Waals surface area contributed by atoms with E-state index in [0.717, 1.165) is 57.9 Å². The quantitative estimate of drug-likeness (QED) is 0.0991. The van der Waals surface area contributed by atoms with Gasteiger partial charge in [0.25, 0.3) is 0 Å². The van der Waals surface area contributed by atoms with Crippen molar-refractivity contribution in [2.24, 2.45) is 68.1 Å². The van der Waals surface area contributed by atoms with Gasteiger partial charge in [-0.1, -0.05) is 66.5 Å². The number of carbonyl (C=O) groups excluding carboxylic acids is 1. The van der Waals surface area contributed by atoms with Gasteiger partial charge in [-0.3, -0.25) is 9.59 Å². The van der Waals surface area contributed by atoms with Crippen molar-refractivity contribution in [1.29, 1.82) is 0 Å². The monoisotopic (exact) mass is 688 g/mol. The molecular formula is C40H69N3O6. The van der Waals surface area contributed by atoms with Crippen molar-refractivity contribution in [3.05, 3.63) is 11.6 Å². The fourth-order valence-corrected chi connectivity index (χ4v) is 12.4. The van der Waals surface area contributed by atoms with Crippen LogP contribution < -0.4 is 16.8 Å². The smallest absolute Gasteiger partial charge is 0.307 e. The third-order valence-corrected chi connectivity index (χ3v) is 15.4. The molecule has 0 radical (unpaired) electrons. The molecule has 49 heavy (non-hydrogen) atoms. The van der Waals surface area contributed by atoms with E-state index in [9.17, 15) is 14.7 Å². The number of hydrogen-bond donors (Lipinski definition) is 4. The van der Waals surface area contributed by atoms with E-state index >= 15 is 0 Å². The summed E-state index contributed by atoms with van der Waals surface area (Å²) < 4.78 is 19.5. The van der Waals surface area contributed by atoms with Gasteiger partial charge in [0.2, 0.25) is 0 Å². The molecule has 9 nitrogen and oxygen atoms in total. The zero-order valence-corrected chi connectivity index (χ0v) is 31.9. The van der Waals surface area contributed by atoms with Crippen LogP contribution in [0.25, 0.3) is 0 Å². The highest BCUT2D eigenvalue weighted by Gasteiger charge is 2.72. The minimum atomic E-state index is -0.642. The van der Waals surface area contributed by atoms with Crippen LogP contribution in [0.15, 0.2) is 11.6 Å². The fraction of sp³-hybridized carbons (Fsp3) is 0.900. The number of nitrogens with one attached hydrogen (secondary N) is 1. The van der Waals surface area contributed by atoms with Gasteiger partial charge in [0, 0.05) is 36.9 Å². The van der Waals surface area contributed by atoms with Crippen LogP contribution in [0.1, 0.15) is 113 Å². The summed E-state index contributed by atoms with van der Waals surface area (Å²) in [5, 5.41) is 14.4. The Morgan fingerprint density at radius 2 is 1.82 bits per heavy atom. The van der Waals surface area contributed by atoms with Crippen LogP contribution in [0, 0.1) is 56.7 Å². The molecule has 4 fully saturated rings. The summed E-state index contributed by atoms with van der Waals surface area (Å²) in [6.07, 6.45) is 10.2. The highest BCUT2D eigenvalue weighted by Crippen LogP contribution is 2.75. The molecule has 9 heteroatoms. The molecule has 1 aliphatic heterocycles. The second kappa shape index (κ2) is 14.5. The van der Waals surface area contributed by atoms with E-state index in [-0.39, 0.29) is 57.2 Å². The minimum absolute atomic E-state index is 0.0878. The molecule has 2 bridgehead atoms. The largest absolute Gasteiger partial charge is 0.481 e. The lowest BCUT2D eigenvalue weighted by molar-refractivity contribution is -0.266. The van der Waals surface area contributed by atoms with Crippen molar-refractivity contribution in [3.63, 3.8) is 0 Å². The number of esters is 1. The molecule has 3 saturated carbocycles. The van der Waals surface area contributed by atoms with E-state index in [1.54, 1.807) is 0 Å². The Hall–Kier alpha value is -1.52. The molecule has 280 valence electrons. The van der Waals surface area contributed by atoms with Crippen molar-refractivity contribution in [1.82, 2.24) is 5.32 Å². The average Bonchev–Trinajstić information content (AvgIpc) is 3.01. The first-order chi connectivity index (χ1) is 23.0. The molecule has 0 amide bonds. The molecular weight excluding hydrogens is 618 g/mol. The number of ether oxygens (including phenoxy) is 3. The summed E-state index contributed by atoms with van der Waals surface area (Å²) in [5.74, 6) is -0.0397. The molecule has 1 saturated heterocycles. The molecule has 0 aromatic heterocycles. The van der Waals surface area contributed by atoms with Gasteiger partial charge in [0.05, 0.1) is 25.7 Å². The number of carboxylic acid groups (broad SMARTS) is 1. The van der Waals surface area contributed by atoms with Crippen LogP contribution >= 0.6 is 0 Å². The van der Waals surface area contributed by atoms with Gasteiger partial charge in [-0.25, -0.2) is 0 Å². The van der Waals surface area contributed by atoms with Gasteiger partial charge in [-0.2, -0.15) is 0 Å². The van der Waals surface area contributed by atoms with Crippen molar-refractivity contribution < 1.29 is 28.9 Å². The maximum absolute atomic E-state index is 13.4. The number of fused-ring (bicyclic) bond motifs is 3. The molecule has 0 aromatic carbocycles.